The molecule has 11 rings (SSSR count). The fourth-order valence-corrected chi connectivity index (χ4v) is 11.3. The Morgan fingerprint density at radius 2 is 1.07 bits per heavy atom. The van der Waals surface area contributed by atoms with Crippen molar-refractivity contribution in [2.75, 3.05) is 31.4 Å². The Labute approximate surface area is 458 Å². The fraction of sp³-hybridized carbons (Fsp3) is 0.263. The molecule has 410 valence electrons. The summed E-state index contributed by atoms with van der Waals surface area (Å²) >= 11 is 0. The zero-order valence-electron chi connectivity index (χ0n) is 43.6. The van der Waals surface area contributed by atoms with Gasteiger partial charge in [-0.15, -0.1) is 0 Å². The van der Waals surface area contributed by atoms with Gasteiger partial charge >= 0.3 is 10.3 Å². The molecule has 6 heterocycles. The molecule has 21 nitrogen and oxygen atoms in total. The first kappa shape index (κ1) is 53.4. The van der Waals surface area contributed by atoms with E-state index in [4.69, 9.17) is 27.9 Å². The second kappa shape index (κ2) is 22.6. The zero-order valence-corrected chi connectivity index (χ0v) is 44.4. The summed E-state index contributed by atoms with van der Waals surface area (Å²) in [6.07, 6.45) is -3.55. The normalized spacial score (nSPS) is 21.2. The van der Waals surface area contributed by atoms with Gasteiger partial charge in [0.2, 0.25) is 0 Å². The molecule has 80 heavy (non-hydrogen) atoms. The van der Waals surface area contributed by atoms with Crippen molar-refractivity contribution in [2.45, 2.75) is 68.9 Å². The van der Waals surface area contributed by atoms with Crippen molar-refractivity contribution in [3.8, 4) is 11.5 Å². The van der Waals surface area contributed by atoms with Crippen molar-refractivity contribution in [1.29, 1.82) is 0 Å². The van der Waals surface area contributed by atoms with Crippen LogP contribution in [0.5, 0.6) is 11.5 Å². The maximum Gasteiger partial charge on any atom is 0.336 e. The number of rotatable bonds is 19. The highest BCUT2D eigenvalue weighted by Crippen LogP contribution is 2.47. The highest BCUT2D eigenvalue weighted by Gasteiger charge is 2.53. The van der Waals surface area contributed by atoms with Crippen molar-refractivity contribution in [3.63, 3.8) is 0 Å². The van der Waals surface area contributed by atoms with Gasteiger partial charge in [-0.05, 0) is 71.6 Å². The molecule has 0 spiro atoms. The first-order valence-corrected chi connectivity index (χ1v) is 27.0. The standard InChI is InChI=1S/C57H54FN11O10S/c1-5-42-34(2)47(56(76-42)69-33-64-46-50(60-31-62-52(46)69)67-54(71)36-17-11-7-12-18-36)79-80(72,73)65-29-43-48(44(58)55(77-43)68-32-63-45-49(59-30-61-51(45)68)66-53(70)35-15-9-6-10-16-35)78-57(37-19-13-8-14-20-37,38-21-25-40(74-3)26-22-38)39-23-27-41(75-4)28-24-39/h6-28,30-34,42-44,47-48,55-56,65H,5,29H2,1-4H3,(H,59,61,66,70)(H,60,62,67,71)/t34-,42-,43-,44-,47-,48-,55-,56-/m1/s1. The van der Waals surface area contributed by atoms with E-state index >= 15 is 4.39 Å². The fourth-order valence-electron chi connectivity index (χ4n) is 10.3. The summed E-state index contributed by atoms with van der Waals surface area (Å²) in [5.74, 6) is -0.0772. The number of anilines is 2. The lowest BCUT2D eigenvalue weighted by molar-refractivity contribution is -0.0917. The Balaban J connectivity index is 0.944. The molecule has 0 bridgehead atoms. The number of fused-ring (bicyclic) bond motifs is 2. The van der Waals surface area contributed by atoms with Crippen LogP contribution in [-0.2, 0) is 34.3 Å². The summed E-state index contributed by atoms with van der Waals surface area (Å²) < 4.78 is 90.6. The third-order valence-electron chi connectivity index (χ3n) is 14.4. The number of alkyl halides is 1. The second-order valence-corrected chi connectivity index (χ2v) is 20.4. The SMILES string of the molecule is CC[C@H]1O[C@@H](n2cnc3c(NC(=O)c4ccccc4)ncnc32)[C@H](OS(=O)(=O)NC[C@H]2O[C@@H](n3cnc4c(NC(=O)c5ccccc5)ncnc43)[C@H](F)[C@@H]2OC(c2ccccc2)(c2ccc(OC)cc2)c2ccc(OC)cc2)[C@@H]1C. The smallest absolute Gasteiger partial charge is 0.336 e. The number of carbonyl (C=O) groups is 2. The van der Waals surface area contributed by atoms with Gasteiger partial charge in [-0.1, -0.05) is 105 Å². The van der Waals surface area contributed by atoms with Gasteiger partial charge in [0.1, 0.15) is 48.1 Å². The first-order chi connectivity index (χ1) is 38.9. The summed E-state index contributed by atoms with van der Waals surface area (Å²) in [6.45, 7) is 3.15. The minimum atomic E-state index is -4.77. The zero-order chi connectivity index (χ0) is 55.5. The number of ether oxygens (including phenoxy) is 5. The van der Waals surface area contributed by atoms with Crippen LogP contribution < -0.4 is 24.8 Å². The molecule has 2 fully saturated rings. The van der Waals surface area contributed by atoms with Crippen LogP contribution in [-0.4, -0.2) is 111 Å². The van der Waals surface area contributed by atoms with E-state index < -0.39 is 83.2 Å². The van der Waals surface area contributed by atoms with Gasteiger partial charge in [-0.2, -0.15) is 13.1 Å². The number of nitrogens with zero attached hydrogens (tertiary/aromatic N) is 8. The molecule has 2 aliphatic heterocycles. The molecule has 5 aromatic carbocycles. The van der Waals surface area contributed by atoms with Crippen LogP contribution in [0, 0.1) is 5.92 Å². The largest absolute Gasteiger partial charge is 0.497 e. The molecule has 2 amide bonds. The molecular weight excluding hydrogens is 1050 g/mol. The summed E-state index contributed by atoms with van der Waals surface area (Å²) in [4.78, 5) is 53.0. The van der Waals surface area contributed by atoms with Crippen LogP contribution in [0.1, 0.15) is 70.1 Å². The molecule has 23 heteroatoms. The number of benzene rings is 5. The van der Waals surface area contributed by atoms with Crippen LogP contribution >= 0.6 is 0 Å². The topological polar surface area (TPSA) is 247 Å². The number of methoxy groups -OCH3 is 2. The predicted octanol–water partition coefficient (Wildman–Crippen LogP) is 7.96. The lowest BCUT2D eigenvalue weighted by Crippen LogP contribution is -2.47. The van der Waals surface area contributed by atoms with Gasteiger partial charge in [-0.25, -0.2) is 38.5 Å². The number of aromatic nitrogens is 8. The van der Waals surface area contributed by atoms with Gasteiger partial charge in [0, 0.05) is 23.6 Å². The molecule has 0 radical (unpaired) electrons. The molecule has 9 aromatic rings. The summed E-state index contributed by atoms with van der Waals surface area (Å²) in [5, 5.41) is 5.57. The van der Waals surface area contributed by atoms with Gasteiger partial charge in [0.05, 0.1) is 33.0 Å². The van der Waals surface area contributed by atoms with Crippen LogP contribution in [0.3, 0.4) is 0 Å². The van der Waals surface area contributed by atoms with Crippen LogP contribution in [0.4, 0.5) is 16.0 Å². The van der Waals surface area contributed by atoms with Gasteiger partial charge in [-0.3, -0.25) is 18.7 Å². The van der Waals surface area contributed by atoms with E-state index in [1.165, 1.54) is 29.9 Å². The Morgan fingerprint density at radius 3 is 1.56 bits per heavy atom. The molecule has 2 saturated heterocycles. The number of nitrogens with one attached hydrogen (secondary N) is 3. The molecule has 2 aliphatic rings. The first-order valence-electron chi connectivity index (χ1n) is 25.6. The predicted molar refractivity (Wildman–Crippen MR) is 291 cm³/mol. The summed E-state index contributed by atoms with van der Waals surface area (Å²) in [6, 6.07) is 40.7. The highest BCUT2D eigenvalue weighted by molar-refractivity contribution is 7.84. The van der Waals surface area contributed by atoms with Crippen molar-refractivity contribution < 1.29 is 50.3 Å². The van der Waals surface area contributed by atoms with Crippen molar-refractivity contribution >= 4 is 56.1 Å². The number of carbonyl (C=O) groups excluding carboxylic acids is 2. The van der Waals surface area contributed by atoms with Crippen molar-refractivity contribution in [2.24, 2.45) is 5.92 Å². The van der Waals surface area contributed by atoms with E-state index in [1.54, 1.807) is 104 Å². The van der Waals surface area contributed by atoms with Crippen LogP contribution in [0.15, 0.2) is 165 Å². The third-order valence-corrected chi connectivity index (χ3v) is 15.4. The summed E-state index contributed by atoms with van der Waals surface area (Å²) in [5.41, 5.74) is 1.62. The molecular formula is C57H54FN11O10S. The highest BCUT2D eigenvalue weighted by atomic mass is 32.2. The van der Waals surface area contributed by atoms with E-state index in [9.17, 15) is 18.0 Å². The van der Waals surface area contributed by atoms with E-state index in [-0.39, 0.29) is 34.0 Å². The van der Waals surface area contributed by atoms with Gasteiger partial charge in [0.15, 0.2) is 52.6 Å². The van der Waals surface area contributed by atoms with Crippen molar-refractivity contribution in [1.82, 2.24) is 43.8 Å². The van der Waals surface area contributed by atoms with Gasteiger partial charge < -0.3 is 34.3 Å². The van der Waals surface area contributed by atoms with E-state index in [0.29, 0.717) is 45.7 Å². The maximum atomic E-state index is 18.3. The van der Waals surface area contributed by atoms with E-state index in [0.717, 1.165) is 0 Å². The molecule has 4 aromatic heterocycles. The minimum Gasteiger partial charge on any atom is -0.497 e. The van der Waals surface area contributed by atoms with Gasteiger partial charge in [0.25, 0.3) is 11.8 Å². The Hall–Kier alpha value is -8.58. The molecule has 0 saturated carbocycles. The molecule has 3 N–H and O–H groups in total. The quantitative estimate of drug-likeness (QED) is 0.0650. The number of hydrogen-bond acceptors (Lipinski definition) is 16. The molecule has 0 unspecified atom stereocenters. The Morgan fingerprint density at radius 1 is 0.613 bits per heavy atom. The lowest BCUT2D eigenvalue weighted by Gasteiger charge is -2.39. The van der Waals surface area contributed by atoms with Crippen molar-refractivity contribution in [3.05, 3.63) is 193 Å². The second-order valence-electron chi connectivity index (χ2n) is 19.0. The number of halogens is 1. The van der Waals surface area contributed by atoms with E-state index in [1.807, 2.05) is 68.4 Å². The van der Waals surface area contributed by atoms with Crippen LogP contribution in [0.25, 0.3) is 22.3 Å². The number of imidazole rings is 2. The molecule has 8 atom stereocenters. The third kappa shape index (κ3) is 10.3. The Kier molecular flexibility index (Phi) is 15.1. The molecule has 0 aliphatic carbocycles. The average Bonchev–Trinajstić information content (AvgIpc) is 4.38. The maximum absolute atomic E-state index is 18.3. The Bertz CT molecular complexity index is 3700. The number of hydrogen-bond donors (Lipinski definition) is 3. The average molecular weight is 1100 g/mol. The van der Waals surface area contributed by atoms with Crippen LogP contribution in [0.2, 0.25) is 0 Å². The lowest BCUT2D eigenvalue weighted by atomic mass is 9.79. The number of amides is 2. The van der Waals surface area contributed by atoms with E-state index in [2.05, 4.69) is 45.3 Å². The monoisotopic (exact) mass is 1100 g/mol. The minimum absolute atomic E-state index is 0.0625. The summed E-state index contributed by atoms with van der Waals surface area (Å²) in [7, 11) is -1.68.